The molecule has 1 fully saturated rings. The van der Waals surface area contributed by atoms with Crippen molar-refractivity contribution in [2.24, 2.45) is 5.92 Å². The molecule has 0 unspecified atom stereocenters. The average Bonchev–Trinajstić information content (AvgIpc) is 3.38. The van der Waals surface area contributed by atoms with Crippen LogP contribution >= 0.6 is 11.6 Å². The maximum absolute atomic E-state index is 13.0. The molecule has 1 aliphatic rings. The monoisotopic (exact) mass is 371 g/mol. The van der Waals surface area contributed by atoms with Crippen molar-refractivity contribution in [3.05, 3.63) is 53.4 Å². The van der Waals surface area contributed by atoms with Gasteiger partial charge in [0.2, 0.25) is 5.91 Å². The van der Waals surface area contributed by atoms with Gasteiger partial charge < -0.3 is 10.4 Å². The molecule has 0 bridgehead atoms. The third-order valence-electron chi connectivity index (χ3n) is 4.48. The Kier molecular flexibility index (Phi) is 4.30. The molecule has 4 rings (SSSR count). The van der Waals surface area contributed by atoms with Crippen LogP contribution in [0, 0.1) is 5.92 Å². The third kappa shape index (κ3) is 3.13. The molecule has 7 heteroatoms. The van der Waals surface area contributed by atoms with Gasteiger partial charge in [-0.25, -0.2) is 9.37 Å². The summed E-state index contributed by atoms with van der Waals surface area (Å²) >= 11 is 6.39. The van der Waals surface area contributed by atoms with Crippen LogP contribution in [0.5, 0.6) is 0 Å². The number of benzene rings is 1. The quantitative estimate of drug-likeness (QED) is 0.732. The van der Waals surface area contributed by atoms with E-state index in [-0.39, 0.29) is 18.9 Å². The Bertz CT molecular complexity index is 1010. The van der Waals surface area contributed by atoms with Gasteiger partial charge in [0, 0.05) is 29.5 Å². The van der Waals surface area contributed by atoms with Crippen molar-refractivity contribution in [1.82, 2.24) is 9.97 Å². The number of carbonyl (C=O) groups is 1. The molecular weight excluding hydrogens is 357 g/mol. The maximum atomic E-state index is 13.0. The number of amides is 1. The molecule has 0 spiro atoms. The Labute approximate surface area is 153 Å². The Morgan fingerprint density at radius 1 is 1.35 bits per heavy atom. The molecule has 0 radical (unpaired) electrons. The smallest absolute Gasteiger partial charge is 0.231 e. The van der Waals surface area contributed by atoms with Crippen LogP contribution in [0.2, 0.25) is 5.02 Å². The number of rotatable bonds is 4. The normalized spacial score (nSPS) is 18.7. The molecule has 3 aromatic rings. The number of hydrogen-bond acceptors (Lipinski definition) is 4. The first-order chi connectivity index (χ1) is 12.6. The molecule has 2 aromatic heterocycles. The molecule has 1 saturated carbocycles. The number of alkyl halides is 1. The summed E-state index contributed by atoms with van der Waals surface area (Å²) in [5, 5.41) is 14.2. The molecule has 1 aromatic carbocycles. The highest BCUT2D eigenvalue weighted by Crippen LogP contribution is 2.35. The summed E-state index contributed by atoms with van der Waals surface area (Å²) < 4.78 is 13.0. The van der Waals surface area contributed by atoms with Gasteiger partial charge >= 0.3 is 0 Å². The van der Waals surface area contributed by atoms with Crippen molar-refractivity contribution < 1.29 is 14.3 Å². The number of aliphatic hydroxyl groups excluding tert-OH is 1. The molecule has 1 aliphatic carbocycles. The maximum Gasteiger partial charge on any atom is 0.231 e. The summed E-state index contributed by atoms with van der Waals surface area (Å²) in [5.74, 6) is -0.588. The molecule has 132 valence electrons. The van der Waals surface area contributed by atoms with Gasteiger partial charge in [-0.3, -0.25) is 9.78 Å². The van der Waals surface area contributed by atoms with Gasteiger partial charge in [-0.2, -0.15) is 0 Å². The summed E-state index contributed by atoms with van der Waals surface area (Å²) in [6.07, 6.45) is 4.07. The second-order valence-electron chi connectivity index (χ2n) is 6.29. The predicted octanol–water partition coefficient (Wildman–Crippen LogP) is 3.74. The fraction of sp³-hybridized carbons (Fsp3) is 0.211. The zero-order valence-electron chi connectivity index (χ0n) is 13.6. The van der Waals surface area contributed by atoms with E-state index in [2.05, 4.69) is 15.3 Å². The number of fused-ring (bicyclic) bond motifs is 1. The van der Waals surface area contributed by atoms with E-state index in [1.54, 1.807) is 36.8 Å². The van der Waals surface area contributed by atoms with Crippen molar-refractivity contribution in [2.45, 2.75) is 19.2 Å². The summed E-state index contributed by atoms with van der Waals surface area (Å²) in [4.78, 5) is 20.2. The first-order valence-electron chi connectivity index (χ1n) is 8.15. The van der Waals surface area contributed by atoms with Gasteiger partial charge in [-0.05, 0) is 47.2 Å². The number of anilines is 1. The van der Waals surface area contributed by atoms with Crippen molar-refractivity contribution in [3.63, 3.8) is 0 Å². The zero-order valence-corrected chi connectivity index (χ0v) is 14.4. The molecular formula is C19H15ClFN3O2. The number of nitrogens with one attached hydrogen (secondary N) is 1. The summed E-state index contributed by atoms with van der Waals surface area (Å²) in [6.45, 7) is -0.114. The number of nitrogens with zero attached hydrogens (tertiary/aromatic N) is 2. The molecule has 0 aliphatic heterocycles. The number of aliphatic hydroxyl groups is 1. The topological polar surface area (TPSA) is 75.1 Å². The van der Waals surface area contributed by atoms with Gasteiger partial charge in [-0.15, -0.1) is 0 Å². The van der Waals surface area contributed by atoms with E-state index < -0.39 is 12.1 Å². The minimum atomic E-state index is -1.06. The highest BCUT2D eigenvalue weighted by molar-refractivity contribution is 6.36. The summed E-state index contributed by atoms with van der Waals surface area (Å²) in [5.41, 5.74) is 2.31. The van der Waals surface area contributed by atoms with Crippen LogP contribution in [0.3, 0.4) is 0 Å². The van der Waals surface area contributed by atoms with E-state index in [0.29, 0.717) is 10.8 Å². The number of carbonyl (C=O) groups excluding carboxylic acids is 1. The van der Waals surface area contributed by atoms with E-state index in [1.165, 1.54) is 0 Å². The van der Waals surface area contributed by atoms with E-state index in [9.17, 15) is 14.3 Å². The second-order valence-corrected chi connectivity index (χ2v) is 6.69. The second kappa shape index (κ2) is 6.63. The lowest BCUT2D eigenvalue weighted by molar-refractivity contribution is -0.117. The minimum absolute atomic E-state index is 0.114. The van der Waals surface area contributed by atoms with Gasteiger partial charge in [0.25, 0.3) is 0 Å². The van der Waals surface area contributed by atoms with Crippen LogP contribution in [-0.2, 0) is 11.4 Å². The lowest BCUT2D eigenvalue weighted by Crippen LogP contribution is -2.15. The van der Waals surface area contributed by atoms with E-state index in [1.807, 2.05) is 6.07 Å². The molecule has 26 heavy (non-hydrogen) atoms. The highest BCUT2D eigenvalue weighted by atomic mass is 35.5. The predicted molar refractivity (Wildman–Crippen MR) is 97.5 cm³/mol. The molecule has 2 N–H and O–H groups in total. The van der Waals surface area contributed by atoms with Crippen LogP contribution in [0.1, 0.15) is 12.0 Å². The Balaban J connectivity index is 1.73. The lowest BCUT2D eigenvalue weighted by Gasteiger charge is -2.11. The number of pyridine rings is 2. The van der Waals surface area contributed by atoms with Crippen LogP contribution in [-0.4, -0.2) is 27.2 Å². The molecule has 0 saturated heterocycles. The van der Waals surface area contributed by atoms with Crippen molar-refractivity contribution in [2.75, 3.05) is 5.32 Å². The SMILES string of the molecule is O=C(Nc1cc2cc(-c3cnccc3CO)cc(Cl)c2cn1)[C@@H]1C[C@@H]1F. The highest BCUT2D eigenvalue weighted by Gasteiger charge is 2.43. The van der Waals surface area contributed by atoms with Crippen LogP contribution in [0.25, 0.3) is 21.9 Å². The Morgan fingerprint density at radius 3 is 2.88 bits per heavy atom. The first-order valence-corrected chi connectivity index (χ1v) is 8.53. The molecule has 1 amide bonds. The van der Waals surface area contributed by atoms with Crippen molar-refractivity contribution in [3.8, 4) is 11.1 Å². The Hall–Kier alpha value is -2.57. The van der Waals surface area contributed by atoms with Gasteiger partial charge in [0.05, 0.1) is 17.5 Å². The van der Waals surface area contributed by atoms with Crippen LogP contribution in [0.4, 0.5) is 10.2 Å². The molecule has 2 heterocycles. The van der Waals surface area contributed by atoms with E-state index >= 15 is 0 Å². The van der Waals surface area contributed by atoms with E-state index in [0.717, 1.165) is 27.5 Å². The summed E-state index contributed by atoms with van der Waals surface area (Å²) in [6, 6.07) is 7.13. The van der Waals surface area contributed by atoms with Crippen LogP contribution < -0.4 is 5.32 Å². The minimum Gasteiger partial charge on any atom is -0.392 e. The largest absolute Gasteiger partial charge is 0.392 e. The van der Waals surface area contributed by atoms with Gasteiger partial charge in [0.15, 0.2) is 0 Å². The molecule has 2 atom stereocenters. The Morgan fingerprint density at radius 2 is 2.15 bits per heavy atom. The molecule has 5 nitrogen and oxygen atoms in total. The lowest BCUT2D eigenvalue weighted by atomic mass is 10.00. The number of aromatic nitrogens is 2. The number of halogens is 2. The first kappa shape index (κ1) is 16.9. The van der Waals surface area contributed by atoms with Crippen molar-refractivity contribution >= 4 is 34.1 Å². The van der Waals surface area contributed by atoms with Crippen LogP contribution in [0.15, 0.2) is 42.9 Å². The van der Waals surface area contributed by atoms with Gasteiger partial charge in [0.1, 0.15) is 12.0 Å². The fourth-order valence-electron chi connectivity index (χ4n) is 2.91. The van der Waals surface area contributed by atoms with Crippen molar-refractivity contribution in [1.29, 1.82) is 0 Å². The van der Waals surface area contributed by atoms with Gasteiger partial charge in [-0.1, -0.05) is 11.6 Å². The van der Waals surface area contributed by atoms with E-state index in [4.69, 9.17) is 11.6 Å². The number of hydrogen-bond donors (Lipinski definition) is 2. The fourth-order valence-corrected chi connectivity index (χ4v) is 3.19. The standard InChI is InChI=1S/C19H15ClFN3O2/c20-16-4-11(14-7-22-2-1-10(14)9-25)3-12-5-18(23-8-15(12)16)24-19(26)13-6-17(13)21/h1-5,7-8,13,17,25H,6,9H2,(H,23,24,26)/t13-,17+/m1/s1. The average molecular weight is 372 g/mol. The zero-order chi connectivity index (χ0) is 18.3. The summed E-state index contributed by atoms with van der Waals surface area (Å²) in [7, 11) is 0. The third-order valence-corrected chi connectivity index (χ3v) is 4.79.